The number of nitro benzene ring substituents is 1. The van der Waals surface area contributed by atoms with Gasteiger partial charge in [0.15, 0.2) is 0 Å². The molecule has 1 aromatic carbocycles. The van der Waals surface area contributed by atoms with Gasteiger partial charge in [-0.05, 0) is 36.4 Å². The normalized spacial score (nSPS) is 16.6. The summed E-state index contributed by atoms with van der Waals surface area (Å²) >= 11 is 1.60. The Hall–Kier alpha value is -2.36. The maximum absolute atomic E-state index is 13.3. The zero-order chi connectivity index (χ0) is 19.2. The van der Waals surface area contributed by atoms with E-state index in [1.165, 1.54) is 6.07 Å². The number of carbonyl (C=O) groups excluding carboxylic acids is 1. The minimum absolute atomic E-state index is 0.0143. The third kappa shape index (κ3) is 5.56. The molecular weight excluding hydrogens is 373 g/mol. The lowest BCUT2D eigenvalue weighted by Crippen LogP contribution is -2.37. The third-order valence-electron chi connectivity index (χ3n) is 4.24. The summed E-state index contributed by atoms with van der Waals surface area (Å²) in [5.41, 5.74) is -0.480. The van der Waals surface area contributed by atoms with E-state index in [4.69, 9.17) is 4.74 Å². The average Bonchev–Trinajstić information content (AvgIpc) is 3.30. The molecule has 1 fully saturated rings. The van der Waals surface area contributed by atoms with Crippen molar-refractivity contribution in [1.29, 1.82) is 0 Å². The summed E-state index contributed by atoms with van der Waals surface area (Å²) in [5, 5.41) is 15.6. The van der Waals surface area contributed by atoms with Crippen LogP contribution in [0.4, 0.5) is 15.8 Å². The van der Waals surface area contributed by atoms with Crippen molar-refractivity contribution >= 4 is 28.6 Å². The van der Waals surface area contributed by atoms with E-state index in [-0.39, 0.29) is 24.2 Å². The van der Waals surface area contributed by atoms with E-state index in [2.05, 4.69) is 5.32 Å². The fourth-order valence-electron chi connectivity index (χ4n) is 3.04. The first kappa shape index (κ1) is 19.4. The maximum atomic E-state index is 13.3. The Kier molecular flexibility index (Phi) is 6.49. The van der Waals surface area contributed by atoms with Gasteiger partial charge < -0.3 is 10.1 Å². The van der Waals surface area contributed by atoms with Crippen LogP contribution in [0.1, 0.15) is 17.7 Å². The highest BCUT2D eigenvalue weighted by Crippen LogP contribution is 2.25. The van der Waals surface area contributed by atoms with Crippen LogP contribution < -0.4 is 5.32 Å². The molecule has 144 valence electrons. The van der Waals surface area contributed by atoms with Crippen LogP contribution in [0.15, 0.2) is 35.7 Å². The van der Waals surface area contributed by atoms with Gasteiger partial charge in [0.2, 0.25) is 5.91 Å². The van der Waals surface area contributed by atoms with E-state index >= 15 is 0 Å². The van der Waals surface area contributed by atoms with Gasteiger partial charge in [-0.1, -0.05) is 6.07 Å². The van der Waals surface area contributed by atoms with Crippen LogP contribution in [0.3, 0.4) is 0 Å². The van der Waals surface area contributed by atoms with Crippen LogP contribution in [0.2, 0.25) is 0 Å². The van der Waals surface area contributed by atoms with E-state index < -0.39 is 16.4 Å². The van der Waals surface area contributed by atoms with Crippen molar-refractivity contribution in [3.8, 4) is 0 Å². The number of anilines is 1. The zero-order valence-electron chi connectivity index (χ0n) is 14.6. The second-order valence-electron chi connectivity index (χ2n) is 6.35. The van der Waals surface area contributed by atoms with Crippen LogP contribution in [0, 0.1) is 15.9 Å². The first-order valence-corrected chi connectivity index (χ1v) is 9.49. The SMILES string of the molecule is O=C(CN(Cc1cccs1)C[C@@H]1CCCO1)Nc1ccc(F)cc1[N+](=O)[O-]. The van der Waals surface area contributed by atoms with Gasteiger partial charge in [-0.15, -0.1) is 11.3 Å². The molecular formula is C18H20FN3O4S. The fraction of sp³-hybridized carbons (Fsp3) is 0.389. The van der Waals surface area contributed by atoms with Crippen LogP contribution in [-0.4, -0.2) is 41.5 Å². The number of thiophene rings is 1. The first-order valence-electron chi connectivity index (χ1n) is 8.61. The number of nitrogens with zero attached hydrogens (tertiary/aromatic N) is 2. The molecule has 1 atom stereocenters. The summed E-state index contributed by atoms with van der Waals surface area (Å²) < 4.78 is 18.9. The lowest BCUT2D eigenvalue weighted by molar-refractivity contribution is -0.384. The van der Waals surface area contributed by atoms with E-state index in [1.54, 1.807) is 11.3 Å². The van der Waals surface area contributed by atoms with Gasteiger partial charge in [-0.2, -0.15) is 0 Å². The van der Waals surface area contributed by atoms with Gasteiger partial charge >= 0.3 is 0 Å². The topological polar surface area (TPSA) is 84.7 Å². The summed E-state index contributed by atoms with van der Waals surface area (Å²) in [4.78, 5) is 25.9. The average molecular weight is 393 g/mol. The van der Waals surface area contributed by atoms with Gasteiger partial charge in [0.05, 0.1) is 23.6 Å². The lowest BCUT2D eigenvalue weighted by Gasteiger charge is -2.24. The number of carbonyl (C=O) groups is 1. The van der Waals surface area contributed by atoms with Gasteiger partial charge in [0, 0.05) is 24.6 Å². The number of halogens is 1. The van der Waals surface area contributed by atoms with Crippen molar-refractivity contribution in [3.05, 3.63) is 56.5 Å². The molecule has 0 spiro atoms. The van der Waals surface area contributed by atoms with E-state index in [1.807, 2.05) is 22.4 Å². The Morgan fingerprint density at radius 3 is 2.96 bits per heavy atom. The minimum atomic E-state index is -0.725. The third-order valence-corrected chi connectivity index (χ3v) is 5.10. The summed E-state index contributed by atoms with van der Waals surface area (Å²) in [6.45, 7) is 1.99. The first-order chi connectivity index (χ1) is 13.0. The van der Waals surface area contributed by atoms with Gasteiger partial charge in [-0.3, -0.25) is 19.8 Å². The molecule has 0 unspecified atom stereocenters. The molecule has 0 aliphatic carbocycles. The van der Waals surface area contributed by atoms with Crippen LogP contribution in [-0.2, 0) is 16.1 Å². The van der Waals surface area contributed by atoms with Crippen molar-refractivity contribution in [2.75, 3.05) is 25.0 Å². The molecule has 1 amide bonds. The largest absolute Gasteiger partial charge is 0.377 e. The molecule has 0 radical (unpaired) electrons. The Morgan fingerprint density at radius 1 is 1.44 bits per heavy atom. The van der Waals surface area contributed by atoms with Crippen molar-refractivity contribution in [2.24, 2.45) is 0 Å². The van der Waals surface area contributed by atoms with E-state index in [0.29, 0.717) is 13.1 Å². The number of hydrogen-bond acceptors (Lipinski definition) is 6. The molecule has 1 aliphatic rings. The molecule has 2 aromatic rings. The fourth-order valence-corrected chi connectivity index (χ4v) is 3.78. The Labute approximate surface area is 159 Å². The molecule has 9 heteroatoms. The molecule has 2 heterocycles. The molecule has 7 nitrogen and oxygen atoms in total. The second kappa shape index (κ2) is 9.03. The highest BCUT2D eigenvalue weighted by molar-refractivity contribution is 7.09. The van der Waals surface area contributed by atoms with Gasteiger partial charge in [0.1, 0.15) is 11.5 Å². The summed E-state index contributed by atoms with van der Waals surface area (Å²) in [5.74, 6) is -1.11. The van der Waals surface area contributed by atoms with Crippen molar-refractivity contribution in [2.45, 2.75) is 25.5 Å². The Bertz CT molecular complexity index is 794. The number of nitrogens with one attached hydrogen (secondary N) is 1. The summed E-state index contributed by atoms with van der Waals surface area (Å²) in [6, 6.07) is 7.03. The molecule has 0 bridgehead atoms. The molecule has 1 aliphatic heterocycles. The molecule has 1 saturated heterocycles. The molecule has 1 aromatic heterocycles. The maximum Gasteiger partial charge on any atom is 0.295 e. The zero-order valence-corrected chi connectivity index (χ0v) is 15.4. The molecule has 0 saturated carbocycles. The highest BCUT2D eigenvalue weighted by Gasteiger charge is 2.23. The smallest absolute Gasteiger partial charge is 0.295 e. The van der Waals surface area contributed by atoms with Gasteiger partial charge in [0.25, 0.3) is 5.69 Å². The Morgan fingerprint density at radius 2 is 2.30 bits per heavy atom. The van der Waals surface area contributed by atoms with Crippen LogP contribution >= 0.6 is 11.3 Å². The standard InChI is InChI=1S/C18H20FN3O4S/c19-13-5-6-16(17(9-13)22(24)25)20-18(23)12-21(10-14-3-1-7-26-14)11-15-4-2-8-27-15/h2,4-6,8-9,14H,1,3,7,10-12H2,(H,20,23)/t14-/m0/s1. The number of nitro groups is 1. The van der Waals surface area contributed by atoms with Crippen molar-refractivity contribution < 1.29 is 18.8 Å². The monoisotopic (exact) mass is 393 g/mol. The Balaban J connectivity index is 1.67. The highest BCUT2D eigenvalue weighted by atomic mass is 32.1. The number of rotatable bonds is 8. The van der Waals surface area contributed by atoms with Crippen molar-refractivity contribution in [3.63, 3.8) is 0 Å². The van der Waals surface area contributed by atoms with E-state index in [0.717, 1.165) is 36.5 Å². The van der Waals surface area contributed by atoms with Gasteiger partial charge in [-0.25, -0.2) is 4.39 Å². The second-order valence-corrected chi connectivity index (χ2v) is 7.38. The van der Waals surface area contributed by atoms with E-state index in [9.17, 15) is 19.3 Å². The molecule has 1 N–H and O–H groups in total. The minimum Gasteiger partial charge on any atom is -0.377 e. The lowest BCUT2D eigenvalue weighted by atomic mass is 10.2. The summed E-state index contributed by atoms with van der Waals surface area (Å²) in [6.07, 6.45) is 2.04. The number of amides is 1. The molecule has 27 heavy (non-hydrogen) atoms. The van der Waals surface area contributed by atoms with Crippen LogP contribution in [0.5, 0.6) is 0 Å². The predicted molar refractivity (Wildman–Crippen MR) is 100 cm³/mol. The number of ether oxygens (including phenoxy) is 1. The number of hydrogen-bond donors (Lipinski definition) is 1. The number of benzene rings is 1. The molecule has 3 rings (SSSR count). The summed E-state index contributed by atoms with van der Waals surface area (Å²) in [7, 11) is 0. The van der Waals surface area contributed by atoms with Crippen LogP contribution in [0.25, 0.3) is 0 Å². The predicted octanol–water partition coefficient (Wildman–Crippen LogP) is 3.42. The van der Waals surface area contributed by atoms with Crippen molar-refractivity contribution in [1.82, 2.24) is 4.90 Å². The quantitative estimate of drug-likeness (QED) is 0.549.